The number of carbonyl (C=O) groups excluding carboxylic acids is 1. The van der Waals surface area contributed by atoms with E-state index in [1.54, 1.807) is 18.0 Å². The number of pyridine rings is 1. The third-order valence-corrected chi connectivity index (χ3v) is 6.70. The first-order valence-electron chi connectivity index (χ1n) is 11.0. The number of amides is 1. The molecule has 1 atom stereocenters. The van der Waals surface area contributed by atoms with Crippen molar-refractivity contribution in [1.82, 2.24) is 15.2 Å². The van der Waals surface area contributed by atoms with Crippen LogP contribution < -0.4 is 5.32 Å². The summed E-state index contributed by atoms with van der Waals surface area (Å²) < 4.78 is 5.53. The molecule has 0 bridgehead atoms. The molecule has 166 valence electrons. The minimum atomic E-state index is -0.0419. The summed E-state index contributed by atoms with van der Waals surface area (Å²) in [5.74, 6) is 0.816. The number of nitrogens with zero attached hydrogens (tertiary/aromatic N) is 2. The van der Waals surface area contributed by atoms with Gasteiger partial charge in [0.05, 0.1) is 19.3 Å². The number of carbonyl (C=O) groups is 1. The van der Waals surface area contributed by atoms with E-state index in [0.29, 0.717) is 12.1 Å². The SMILES string of the molecule is Cc1cccc(C(CNC(=O)c2ccc(SCc3cccnc3)cc2)N2CCOCC2)c1. The second-order valence-electron chi connectivity index (χ2n) is 7.96. The van der Waals surface area contributed by atoms with Crippen molar-refractivity contribution < 1.29 is 9.53 Å². The molecular formula is C26H29N3O2S. The lowest BCUT2D eigenvalue weighted by atomic mass is 10.0. The van der Waals surface area contributed by atoms with E-state index >= 15 is 0 Å². The summed E-state index contributed by atoms with van der Waals surface area (Å²) in [5.41, 5.74) is 4.33. The Hall–Kier alpha value is -2.67. The van der Waals surface area contributed by atoms with Crippen molar-refractivity contribution >= 4 is 17.7 Å². The van der Waals surface area contributed by atoms with Gasteiger partial charge < -0.3 is 10.1 Å². The molecule has 2 aromatic carbocycles. The van der Waals surface area contributed by atoms with Gasteiger partial charge in [0.25, 0.3) is 5.91 Å². The average Bonchev–Trinajstić information content (AvgIpc) is 2.84. The van der Waals surface area contributed by atoms with Gasteiger partial charge in [0.15, 0.2) is 0 Å². The molecule has 1 N–H and O–H groups in total. The van der Waals surface area contributed by atoms with E-state index in [1.807, 2.05) is 36.5 Å². The lowest BCUT2D eigenvalue weighted by Gasteiger charge is -2.35. The van der Waals surface area contributed by atoms with Gasteiger partial charge in [-0.3, -0.25) is 14.7 Å². The highest BCUT2D eigenvalue weighted by Crippen LogP contribution is 2.24. The first kappa shape index (κ1) is 22.5. The number of aryl methyl sites for hydroxylation is 1. The Morgan fingerprint density at radius 3 is 2.66 bits per heavy atom. The van der Waals surface area contributed by atoms with Crippen LogP contribution in [0.4, 0.5) is 0 Å². The van der Waals surface area contributed by atoms with Crippen LogP contribution in [0.3, 0.4) is 0 Å². The van der Waals surface area contributed by atoms with Crippen LogP contribution >= 0.6 is 11.8 Å². The van der Waals surface area contributed by atoms with Crippen LogP contribution in [0.25, 0.3) is 0 Å². The number of hydrogen-bond donors (Lipinski definition) is 1. The zero-order valence-corrected chi connectivity index (χ0v) is 19.2. The average molecular weight is 448 g/mol. The Labute approximate surface area is 194 Å². The largest absolute Gasteiger partial charge is 0.379 e. The fourth-order valence-electron chi connectivity index (χ4n) is 3.87. The molecule has 1 unspecified atom stereocenters. The van der Waals surface area contributed by atoms with Crippen molar-refractivity contribution in [3.05, 3.63) is 95.3 Å². The molecule has 1 saturated heterocycles. The zero-order chi connectivity index (χ0) is 22.2. The van der Waals surface area contributed by atoms with Crippen molar-refractivity contribution in [3.8, 4) is 0 Å². The predicted molar refractivity (Wildman–Crippen MR) is 129 cm³/mol. The molecule has 32 heavy (non-hydrogen) atoms. The molecule has 6 heteroatoms. The molecule has 2 heterocycles. The molecule has 1 fully saturated rings. The smallest absolute Gasteiger partial charge is 0.251 e. The highest BCUT2D eigenvalue weighted by molar-refractivity contribution is 7.98. The highest BCUT2D eigenvalue weighted by atomic mass is 32.2. The summed E-state index contributed by atoms with van der Waals surface area (Å²) in [5, 5.41) is 3.16. The van der Waals surface area contributed by atoms with Gasteiger partial charge in [0, 0.05) is 48.2 Å². The molecule has 4 rings (SSSR count). The normalized spacial score (nSPS) is 15.3. The number of thioether (sulfide) groups is 1. The third kappa shape index (κ3) is 6.19. The summed E-state index contributed by atoms with van der Waals surface area (Å²) in [6.07, 6.45) is 3.66. The fraction of sp³-hybridized carbons (Fsp3) is 0.308. The van der Waals surface area contributed by atoms with E-state index in [2.05, 4.69) is 52.5 Å². The second kappa shape index (κ2) is 11.3. The van der Waals surface area contributed by atoms with Crippen molar-refractivity contribution in [2.24, 2.45) is 0 Å². The Morgan fingerprint density at radius 1 is 1.12 bits per heavy atom. The maximum absolute atomic E-state index is 12.9. The van der Waals surface area contributed by atoms with Crippen LogP contribution in [0.15, 0.2) is 78.0 Å². The number of rotatable bonds is 8. The Morgan fingerprint density at radius 2 is 1.94 bits per heavy atom. The summed E-state index contributed by atoms with van der Waals surface area (Å²) >= 11 is 1.74. The third-order valence-electron chi connectivity index (χ3n) is 5.61. The first-order chi connectivity index (χ1) is 15.7. The van der Waals surface area contributed by atoms with E-state index in [4.69, 9.17) is 4.74 Å². The van der Waals surface area contributed by atoms with Crippen LogP contribution in [0, 0.1) is 6.92 Å². The maximum Gasteiger partial charge on any atom is 0.251 e. The molecule has 1 aliphatic rings. The lowest BCUT2D eigenvalue weighted by molar-refractivity contribution is 0.0162. The Kier molecular flexibility index (Phi) is 7.93. The van der Waals surface area contributed by atoms with Crippen LogP contribution in [0.1, 0.15) is 33.1 Å². The monoisotopic (exact) mass is 447 g/mol. The Balaban J connectivity index is 1.37. The maximum atomic E-state index is 12.9. The van der Waals surface area contributed by atoms with Gasteiger partial charge in [0.1, 0.15) is 0 Å². The van der Waals surface area contributed by atoms with E-state index in [0.717, 1.165) is 37.0 Å². The molecule has 1 aliphatic heterocycles. The van der Waals surface area contributed by atoms with Crippen LogP contribution in [0.5, 0.6) is 0 Å². The predicted octanol–water partition coefficient (Wildman–Crippen LogP) is 4.49. The lowest BCUT2D eigenvalue weighted by Crippen LogP contribution is -2.43. The van der Waals surface area contributed by atoms with Crippen molar-refractivity contribution in [1.29, 1.82) is 0 Å². The molecule has 5 nitrogen and oxygen atoms in total. The number of nitrogens with one attached hydrogen (secondary N) is 1. The van der Waals surface area contributed by atoms with Crippen molar-refractivity contribution in [2.45, 2.75) is 23.6 Å². The van der Waals surface area contributed by atoms with Gasteiger partial charge in [-0.05, 0) is 48.4 Å². The van der Waals surface area contributed by atoms with Crippen LogP contribution in [0.2, 0.25) is 0 Å². The molecule has 1 amide bonds. The summed E-state index contributed by atoms with van der Waals surface area (Å²) in [6.45, 7) is 5.88. The molecule has 0 spiro atoms. The topological polar surface area (TPSA) is 54.5 Å². The van der Waals surface area contributed by atoms with Crippen molar-refractivity contribution in [3.63, 3.8) is 0 Å². The van der Waals surface area contributed by atoms with E-state index in [-0.39, 0.29) is 11.9 Å². The molecule has 0 radical (unpaired) electrons. The van der Waals surface area contributed by atoms with Gasteiger partial charge in [-0.2, -0.15) is 0 Å². The molecule has 0 saturated carbocycles. The van der Waals surface area contributed by atoms with Gasteiger partial charge in [-0.1, -0.05) is 35.9 Å². The number of benzene rings is 2. The van der Waals surface area contributed by atoms with Crippen LogP contribution in [-0.2, 0) is 10.5 Å². The molecular weight excluding hydrogens is 418 g/mol. The van der Waals surface area contributed by atoms with Gasteiger partial charge in [-0.25, -0.2) is 0 Å². The fourth-order valence-corrected chi connectivity index (χ4v) is 4.70. The minimum Gasteiger partial charge on any atom is -0.379 e. The zero-order valence-electron chi connectivity index (χ0n) is 18.4. The highest BCUT2D eigenvalue weighted by Gasteiger charge is 2.23. The van der Waals surface area contributed by atoms with Crippen molar-refractivity contribution in [2.75, 3.05) is 32.8 Å². The number of morpholine rings is 1. The summed E-state index contributed by atoms with van der Waals surface area (Å²) in [7, 11) is 0. The summed E-state index contributed by atoms with van der Waals surface area (Å²) in [4.78, 5) is 20.5. The molecule has 0 aliphatic carbocycles. The first-order valence-corrected chi connectivity index (χ1v) is 12.0. The molecule has 1 aromatic heterocycles. The summed E-state index contributed by atoms with van der Waals surface area (Å²) in [6, 6.07) is 20.5. The van der Waals surface area contributed by atoms with Gasteiger partial charge >= 0.3 is 0 Å². The van der Waals surface area contributed by atoms with Crippen LogP contribution in [-0.4, -0.2) is 48.6 Å². The molecule has 3 aromatic rings. The standard InChI is InChI=1S/C26H29N3O2S/c1-20-4-2-6-23(16-20)25(29-12-14-31-15-13-29)18-28-26(30)22-7-9-24(10-8-22)32-19-21-5-3-11-27-17-21/h2-11,16-17,25H,12-15,18-19H2,1H3,(H,28,30). The number of hydrogen-bond acceptors (Lipinski definition) is 5. The van der Waals surface area contributed by atoms with E-state index in [1.165, 1.54) is 16.7 Å². The minimum absolute atomic E-state index is 0.0419. The van der Waals surface area contributed by atoms with Gasteiger partial charge in [-0.15, -0.1) is 11.8 Å². The van der Waals surface area contributed by atoms with E-state index in [9.17, 15) is 4.79 Å². The Bertz CT molecular complexity index is 1010. The van der Waals surface area contributed by atoms with Gasteiger partial charge in [0.2, 0.25) is 0 Å². The second-order valence-corrected chi connectivity index (χ2v) is 9.01. The number of ether oxygens (including phenoxy) is 1. The quantitative estimate of drug-likeness (QED) is 0.516. The van der Waals surface area contributed by atoms with E-state index < -0.39 is 0 Å². The number of aromatic nitrogens is 1.